The predicted molar refractivity (Wildman–Crippen MR) is 73.9 cm³/mol. The average Bonchev–Trinajstić information content (AvgIpc) is 2.70. The van der Waals surface area contributed by atoms with E-state index in [9.17, 15) is 23.2 Å². The molecule has 118 valence electrons. The molecule has 0 saturated carbocycles. The van der Waals surface area contributed by atoms with Gasteiger partial charge in [0.15, 0.2) is 0 Å². The Labute approximate surface area is 125 Å². The van der Waals surface area contributed by atoms with Crippen LogP contribution in [0.5, 0.6) is 0 Å². The van der Waals surface area contributed by atoms with Crippen LogP contribution in [-0.2, 0) is 9.59 Å². The Bertz CT molecular complexity index is 634. The second kappa shape index (κ2) is 6.08. The highest BCUT2D eigenvalue weighted by atomic mass is 19.1. The van der Waals surface area contributed by atoms with Gasteiger partial charge in [0, 0.05) is 6.07 Å². The lowest BCUT2D eigenvalue weighted by Gasteiger charge is -2.14. The largest absolute Gasteiger partial charge is 0.326 e. The molecule has 6 nitrogen and oxygen atoms in total. The SMILES string of the molecule is CC(C)C1NC(=O)N(CC(=O)Nc2ccc(F)cc2F)C1=O. The van der Waals surface area contributed by atoms with E-state index < -0.39 is 42.1 Å². The van der Waals surface area contributed by atoms with Gasteiger partial charge in [0.2, 0.25) is 5.91 Å². The molecule has 1 aliphatic heterocycles. The number of rotatable bonds is 4. The summed E-state index contributed by atoms with van der Waals surface area (Å²) in [7, 11) is 0. The molecule has 1 saturated heterocycles. The molecule has 0 radical (unpaired) electrons. The lowest BCUT2D eigenvalue weighted by atomic mass is 10.1. The van der Waals surface area contributed by atoms with Crippen LogP contribution in [0.4, 0.5) is 19.3 Å². The summed E-state index contributed by atoms with van der Waals surface area (Å²) in [6.45, 7) is 2.99. The second-order valence-electron chi connectivity index (χ2n) is 5.27. The number of hydrogen-bond donors (Lipinski definition) is 2. The predicted octanol–water partition coefficient (Wildman–Crippen LogP) is 1.48. The summed E-state index contributed by atoms with van der Waals surface area (Å²) in [6, 6.07) is 1.33. The van der Waals surface area contributed by atoms with Gasteiger partial charge in [0.1, 0.15) is 24.2 Å². The number of amides is 4. The molecule has 1 unspecified atom stereocenters. The van der Waals surface area contributed by atoms with Crippen molar-refractivity contribution in [1.29, 1.82) is 0 Å². The fraction of sp³-hybridized carbons (Fsp3) is 0.357. The zero-order chi connectivity index (χ0) is 16.4. The summed E-state index contributed by atoms with van der Waals surface area (Å²) in [5.41, 5.74) is -0.223. The Morgan fingerprint density at radius 2 is 2.05 bits per heavy atom. The first-order valence-corrected chi connectivity index (χ1v) is 6.66. The van der Waals surface area contributed by atoms with E-state index in [2.05, 4.69) is 10.6 Å². The lowest BCUT2D eigenvalue weighted by molar-refractivity contribution is -0.131. The van der Waals surface area contributed by atoms with Crippen LogP contribution < -0.4 is 10.6 Å². The summed E-state index contributed by atoms with van der Waals surface area (Å²) in [6.07, 6.45) is 0. The third kappa shape index (κ3) is 3.21. The van der Waals surface area contributed by atoms with Crippen molar-refractivity contribution in [2.45, 2.75) is 19.9 Å². The molecule has 22 heavy (non-hydrogen) atoms. The summed E-state index contributed by atoms with van der Waals surface area (Å²) in [4.78, 5) is 36.3. The van der Waals surface area contributed by atoms with Gasteiger partial charge in [0.25, 0.3) is 5.91 Å². The van der Waals surface area contributed by atoms with Gasteiger partial charge in [0.05, 0.1) is 5.69 Å². The molecule has 0 aromatic heterocycles. The Morgan fingerprint density at radius 3 is 2.59 bits per heavy atom. The average molecular weight is 311 g/mol. The Kier molecular flexibility index (Phi) is 4.39. The smallest absolute Gasteiger partial charge is 0.325 e. The number of anilines is 1. The first-order chi connectivity index (χ1) is 10.3. The number of imide groups is 1. The second-order valence-corrected chi connectivity index (χ2v) is 5.27. The van der Waals surface area contributed by atoms with Crippen molar-refractivity contribution in [2.75, 3.05) is 11.9 Å². The van der Waals surface area contributed by atoms with Crippen molar-refractivity contribution < 1.29 is 23.2 Å². The summed E-state index contributed by atoms with van der Waals surface area (Å²) in [5, 5.41) is 4.67. The summed E-state index contributed by atoms with van der Waals surface area (Å²) in [5.74, 6) is -3.08. The van der Waals surface area contributed by atoms with Gasteiger partial charge in [-0.3, -0.25) is 14.5 Å². The van der Waals surface area contributed by atoms with E-state index in [4.69, 9.17) is 0 Å². The Balaban J connectivity index is 2.03. The molecule has 1 aromatic rings. The highest BCUT2D eigenvalue weighted by molar-refractivity contribution is 6.08. The fourth-order valence-corrected chi connectivity index (χ4v) is 2.07. The number of carbonyl (C=O) groups excluding carboxylic acids is 3. The molecule has 2 rings (SSSR count). The van der Waals surface area contributed by atoms with Gasteiger partial charge in [-0.25, -0.2) is 13.6 Å². The van der Waals surface area contributed by atoms with E-state index >= 15 is 0 Å². The molecule has 2 N–H and O–H groups in total. The van der Waals surface area contributed by atoms with Crippen molar-refractivity contribution in [3.63, 3.8) is 0 Å². The molecule has 1 atom stereocenters. The number of nitrogens with zero attached hydrogens (tertiary/aromatic N) is 1. The van der Waals surface area contributed by atoms with Gasteiger partial charge in [-0.1, -0.05) is 13.8 Å². The van der Waals surface area contributed by atoms with Crippen LogP contribution in [-0.4, -0.2) is 35.3 Å². The monoisotopic (exact) mass is 311 g/mol. The maximum Gasteiger partial charge on any atom is 0.325 e. The van der Waals surface area contributed by atoms with Crippen LogP contribution in [0.2, 0.25) is 0 Å². The molecule has 0 bridgehead atoms. The Morgan fingerprint density at radius 1 is 1.36 bits per heavy atom. The first-order valence-electron chi connectivity index (χ1n) is 6.66. The zero-order valence-electron chi connectivity index (χ0n) is 12.0. The van der Waals surface area contributed by atoms with Crippen molar-refractivity contribution in [2.24, 2.45) is 5.92 Å². The minimum Gasteiger partial charge on any atom is -0.326 e. The van der Waals surface area contributed by atoms with E-state index in [1.54, 1.807) is 13.8 Å². The van der Waals surface area contributed by atoms with Crippen LogP contribution in [0.15, 0.2) is 18.2 Å². The van der Waals surface area contributed by atoms with Crippen LogP contribution in [0.1, 0.15) is 13.8 Å². The number of carbonyl (C=O) groups is 3. The van der Waals surface area contributed by atoms with Gasteiger partial charge >= 0.3 is 6.03 Å². The van der Waals surface area contributed by atoms with E-state index in [0.29, 0.717) is 6.07 Å². The lowest BCUT2D eigenvalue weighted by Crippen LogP contribution is -2.39. The number of nitrogens with one attached hydrogen (secondary N) is 2. The van der Waals surface area contributed by atoms with Crippen LogP contribution in [0.25, 0.3) is 0 Å². The van der Waals surface area contributed by atoms with E-state index in [0.717, 1.165) is 17.0 Å². The van der Waals surface area contributed by atoms with Crippen molar-refractivity contribution in [3.8, 4) is 0 Å². The highest BCUT2D eigenvalue weighted by Crippen LogP contribution is 2.16. The van der Waals surface area contributed by atoms with Gasteiger partial charge in [-0.2, -0.15) is 0 Å². The number of halogens is 2. The molecular formula is C14H15F2N3O3. The van der Waals surface area contributed by atoms with Gasteiger partial charge < -0.3 is 10.6 Å². The van der Waals surface area contributed by atoms with E-state index in [-0.39, 0.29) is 11.6 Å². The standard InChI is InChI=1S/C14H15F2N3O3/c1-7(2)12-13(21)19(14(22)18-12)6-11(20)17-10-4-3-8(15)5-9(10)16/h3-5,7,12H,6H2,1-2H3,(H,17,20)(H,18,22). The zero-order valence-corrected chi connectivity index (χ0v) is 12.0. The molecule has 4 amide bonds. The minimum absolute atomic E-state index is 0.112. The molecule has 1 aliphatic rings. The van der Waals surface area contributed by atoms with Crippen molar-refractivity contribution in [1.82, 2.24) is 10.2 Å². The number of urea groups is 1. The van der Waals surface area contributed by atoms with E-state index in [1.165, 1.54) is 0 Å². The topological polar surface area (TPSA) is 78.5 Å². The summed E-state index contributed by atoms with van der Waals surface area (Å²) >= 11 is 0. The molecule has 0 spiro atoms. The third-order valence-electron chi connectivity index (χ3n) is 3.23. The molecule has 1 aromatic carbocycles. The molecule has 0 aliphatic carbocycles. The van der Waals surface area contributed by atoms with Gasteiger partial charge in [-0.05, 0) is 18.1 Å². The fourth-order valence-electron chi connectivity index (χ4n) is 2.07. The molecular weight excluding hydrogens is 296 g/mol. The number of benzene rings is 1. The minimum atomic E-state index is -0.939. The third-order valence-corrected chi connectivity index (χ3v) is 3.23. The molecule has 1 fully saturated rings. The van der Waals surface area contributed by atoms with Crippen molar-refractivity contribution >= 4 is 23.5 Å². The van der Waals surface area contributed by atoms with E-state index in [1.807, 2.05) is 0 Å². The van der Waals surface area contributed by atoms with Crippen molar-refractivity contribution in [3.05, 3.63) is 29.8 Å². The first kappa shape index (κ1) is 15.9. The molecule has 8 heteroatoms. The quantitative estimate of drug-likeness (QED) is 0.827. The summed E-state index contributed by atoms with van der Waals surface area (Å²) < 4.78 is 26.2. The van der Waals surface area contributed by atoms with Crippen LogP contribution in [0.3, 0.4) is 0 Å². The number of hydrogen-bond acceptors (Lipinski definition) is 3. The van der Waals surface area contributed by atoms with Crippen LogP contribution >= 0.6 is 0 Å². The molecule has 1 heterocycles. The van der Waals surface area contributed by atoms with Gasteiger partial charge in [-0.15, -0.1) is 0 Å². The maximum atomic E-state index is 13.4. The maximum absolute atomic E-state index is 13.4. The van der Waals surface area contributed by atoms with Crippen LogP contribution in [0, 0.1) is 17.6 Å². The normalized spacial score (nSPS) is 17.9. The Hall–Kier alpha value is -2.51. The highest BCUT2D eigenvalue weighted by Gasteiger charge is 2.40.